The zero-order chi connectivity index (χ0) is 15.2. The normalized spacial score (nSPS) is 18.5. The SMILES string of the molecule is CN=C(NCc1cccc(C(N)=O)c1)N1CCCC(C)C1.I. The van der Waals surface area contributed by atoms with Crippen LogP contribution in [0.1, 0.15) is 35.7 Å². The molecule has 1 aromatic carbocycles. The van der Waals surface area contributed by atoms with E-state index in [4.69, 9.17) is 5.73 Å². The number of primary amides is 1. The van der Waals surface area contributed by atoms with Crippen LogP contribution in [0.3, 0.4) is 0 Å². The van der Waals surface area contributed by atoms with Crippen LogP contribution >= 0.6 is 24.0 Å². The molecule has 1 amide bonds. The molecule has 1 heterocycles. The number of hydrogen-bond acceptors (Lipinski definition) is 2. The molecule has 1 aliphatic heterocycles. The number of guanidine groups is 1. The number of carbonyl (C=O) groups is 1. The van der Waals surface area contributed by atoms with Crippen molar-refractivity contribution >= 4 is 35.8 Å². The number of piperidine rings is 1. The fraction of sp³-hybridized carbons (Fsp3) is 0.500. The Morgan fingerprint density at radius 3 is 2.91 bits per heavy atom. The molecule has 0 bridgehead atoms. The van der Waals surface area contributed by atoms with Gasteiger partial charge in [-0.2, -0.15) is 0 Å². The van der Waals surface area contributed by atoms with E-state index in [1.165, 1.54) is 12.8 Å². The van der Waals surface area contributed by atoms with Crippen LogP contribution < -0.4 is 11.1 Å². The summed E-state index contributed by atoms with van der Waals surface area (Å²) in [6, 6.07) is 7.38. The van der Waals surface area contributed by atoms with Crippen LogP contribution in [0.5, 0.6) is 0 Å². The van der Waals surface area contributed by atoms with Crippen LogP contribution in [0.4, 0.5) is 0 Å². The maximum Gasteiger partial charge on any atom is 0.248 e. The monoisotopic (exact) mass is 416 g/mol. The lowest BCUT2D eigenvalue weighted by Crippen LogP contribution is -2.45. The second kappa shape index (κ2) is 8.97. The summed E-state index contributed by atoms with van der Waals surface area (Å²) in [6.45, 7) is 5.00. The smallest absolute Gasteiger partial charge is 0.248 e. The van der Waals surface area contributed by atoms with E-state index >= 15 is 0 Å². The first-order valence-electron chi connectivity index (χ1n) is 7.44. The van der Waals surface area contributed by atoms with Crippen molar-refractivity contribution in [3.05, 3.63) is 35.4 Å². The van der Waals surface area contributed by atoms with Crippen LogP contribution in [-0.2, 0) is 6.54 Å². The van der Waals surface area contributed by atoms with Crippen molar-refractivity contribution < 1.29 is 4.79 Å². The number of amides is 1. The maximum absolute atomic E-state index is 11.2. The number of halogens is 1. The van der Waals surface area contributed by atoms with E-state index in [0.717, 1.165) is 24.6 Å². The summed E-state index contributed by atoms with van der Waals surface area (Å²) in [4.78, 5) is 17.9. The van der Waals surface area contributed by atoms with Crippen LogP contribution in [0.25, 0.3) is 0 Å². The number of benzene rings is 1. The summed E-state index contributed by atoms with van der Waals surface area (Å²) in [5.74, 6) is 1.23. The van der Waals surface area contributed by atoms with Crippen molar-refractivity contribution in [2.45, 2.75) is 26.3 Å². The van der Waals surface area contributed by atoms with Gasteiger partial charge in [-0.15, -0.1) is 24.0 Å². The van der Waals surface area contributed by atoms with Gasteiger partial charge in [0.05, 0.1) is 0 Å². The van der Waals surface area contributed by atoms with E-state index in [9.17, 15) is 4.79 Å². The molecule has 1 saturated heterocycles. The topological polar surface area (TPSA) is 70.7 Å². The summed E-state index contributed by atoms with van der Waals surface area (Å²) in [5, 5.41) is 3.37. The maximum atomic E-state index is 11.2. The van der Waals surface area contributed by atoms with E-state index in [0.29, 0.717) is 18.0 Å². The van der Waals surface area contributed by atoms with E-state index in [1.807, 2.05) is 18.2 Å². The van der Waals surface area contributed by atoms with Gasteiger partial charge in [0.15, 0.2) is 5.96 Å². The second-order valence-corrected chi connectivity index (χ2v) is 5.66. The molecular formula is C16H25IN4O. The van der Waals surface area contributed by atoms with Gasteiger partial charge in [0, 0.05) is 32.2 Å². The van der Waals surface area contributed by atoms with Crippen molar-refractivity contribution in [1.82, 2.24) is 10.2 Å². The first-order valence-corrected chi connectivity index (χ1v) is 7.44. The Morgan fingerprint density at radius 1 is 1.50 bits per heavy atom. The Bertz CT molecular complexity index is 533. The summed E-state index contributed by atoms with van der Waals surface area (Å²) in [5.41, 5.74) is 6.87. The lowest BCUT2D eigenvalue weighted by atomic mass is 10.0. The Kier molecular flexibility index (Phi) is 7.64. The summed E-state index contributed by atoms with van der Waals surface area (Å²) in [7, 11) is 1.81. The molecule has 1 aliphatic rings. The third-order valence-corrected chi connectivity index (χ3v) is 3.83. The average molecular weight is 416 g/mol. The van der Waals surface area contributed by atoms with E-state index < -0.39 is 5.91 Å². The third kappa shape index (κ3) is 5.15. The Morgan fingerprint density at radius 2 is 2.27 bits per heavy atom. The molecule has 3 N–H and O–H groups in total. The van der Waals surface area contributed by atoms with Crippen molar-refractivity contribution in [2.75, 3.05) is 20.1 Å². The molecule has 1 unspecified atom stereocenters. The molecular weight excluding hydrogens is 391 g/mol. The molecule has 0 aliphatic carbocycles. The van der Waals surface area contributed by atoms with Gasteiger partial charge in [-0.1, -0.05) is 19.1 Å². The summed E-state index contributed by atoms with van der Waals surface area (Å²) < 4.78 is 0. The molecule has 5 nitrogen and oxygen atoms in total. The van der Waals surface area contributed by atoms with Crippen LogP contribution in [0.2, 0.25) is 0 Å². The molecule has 0 spiro atoms. The minimum Gasteiger partial charge on any atom is -0.366 e. The van der Waals surface area contributed by atoms with Crippen LogP contribution in [0, 0.1) is 5.92 Å². The molecule has 1 aromatic rings. The van der Waals surface area contributed by atoms with Gasteiger partial charge in [0.2, 0.25) is 5.91 Å². The lowest BCUT2D eigenvalue weighted by molar-refractivity contribution is 0.1000. The quantitative estimate of drug-likeness (QED) is 0.451. The van der Waals surface area contributed by atoms with Gasteiger partial charge < -0.3 is 16.0 Å². The molecule has 1 fully saturated rings. The predicted octanol–water partition coefficient (Wildman–Crippen LogP) is 2.21. The predicted molar refractivity (Wildman–Crippen MR) is 101 cm³/mol. The molecule has 0 radical (unpaired) electrons. The van der Waals surface area contributed by atoms with Crippen molar-refractivity contribution in [3.63, 3.8) is 0 Å². The second-order valence-electron chi connectivity index (χ2n) is 5.66. The Hall–Kier alpha value is -1.31. The molecule has 2 rings (SSSR count). The fourth-order valence-corrected chi connectivity index (χ4v) is 2.73. The zero-order valence-corrected chi connectivity index (χ0v) is 15.5. The fourth-order valence-electron chi connectivity index (χ4n) is 2.73. The number of nitrogens with one attached hydrogen (secondary N) is 1. The van der Waals surface area contributed by atoms with Gasteiger partial charge >= 0.3 is 0 Å². The minimum atomic E-state index is -0.397. The number of carbonyl (C=O) groups excluding carboxylic acids is 1. The Labute approximate surface area is 149 Å². The standard InChI is InChI=1S/C16H24N4O.HI/c1-12-5-4-8-20(11-12)16(18-2)19-10-13-6-3-7-14(9-13)15(17)21;/h3,6-7,9,12H,4-5,8,10-11H2,1-2H3,(H2,17,21)(H,18,19);1H. The molecule has 22 heavy (non-hydrogen) atoms. The Balaban J connectivity index is 0.00000242. The van der Waals surface area contributed by atoms with Crippen LogP contribution in [-0.4, -0.2) is 36.9 Å². The van der Waals surface area contributed by atoms with E-state index in [-0.39, 0.29) is 24.0 Å². The molecule has 0 aromatic heterocycles. The van der Waals surface area contributed by atoms with E-state index in [2.05, 4.69) is 22.1 Å². The zero-order valence-electron chi connectivity index (χ0n) is 13.2. The molecule has 1 atom stereocenters. The van der Waals surface area contributed by atoms with Crippen molar-refractivity contribution in [3.8, 4) is 0 Å². The number of hydrogen-bond donors (Lipinski definition) is 2. The molecule has 6 heteroatoms. The van der Waals surface area contributed by atoms with Crippen LogP contribution in [0.15, 0.2) is 29.3 Å². The average Bonchev–Trinajstić information content (AvgIpc) is 2.48. The largest absolute Gasteiger partial charge is 0.366 e. The van der Waals surface area contributed by atoms with Crippen molar-refractivity contribution in [1.29, 1.82) is 0 Å². The number of nitrogens with zero attached hydrogens (tertiary/aromatic N) is 2. The van der Waals surface area contributed by atoms with E-state index in [1.54, 1.807) is 13.1 Å². The lowest BCUT2D eigenvalue weighted by Gasteiger charge is -2.33. The van der Waals surface area contributed by atoms with Crippen molar-refractivity contribution in [2.24, 2.45) is 16.6 Å². The highest BCUT2D eigenvalue weighted by Gasteiger charge is 2.18. The van der Waals surface area contributed by atoms with Gasteiger partial charge in [-0.05, 0) is 36.5 Å². The van der Waals surface area contributed by atoms with Gasteiger partial charge in [0.1, 0.15) is 0 Å². The highest BCUT2D eigenvalue weighted by atomic mass is 127. The number of nitrogens with two attached hydrogens (primary N) is 1. The molecule has 122 valence electrons. The first kappa shape index (κ1) is 18.7. The number of likely N-dealkylation sites (tertiary alicyclic amines) is 1. The van der Waals surface area contributed by atoms with Gasteiger partial charge in [-0.25, -0.2) is 0 Å². The third-order valence-electron chi connectivity index (χ3n) is 3.83. The first-order chi connectivity index (χ1) is 10.1. The molecule has 0 saturated carbocycles. The number of rotatable bonds is 3. The van der Waals surface area contributed by atoms with Gasteiger partial charge in [0.25, 0.3) is 0 Å². The minimum absolute atomic E-state index is 0. The highest BCUT2D eigenvalue weighted by Crippen LogP contribution is 2.15. The summed E-state index contributed by atoms with van der Waals surface area (Å²) >= 11 is 0. The number of aliphatic imine (C=N–C) groups is 1. The van der Waals surface area contributed by atoms with Gasteiger partial charge in [-0.3, -0.25) is 9.79 Å². The summed E-state index contributed by atoms with van der Waals surface area (Å²) in [6.07, 6.45) is 2.49. The highest BCUT2D eigenvalue weighted by molar-refractivity contribution is 14.0.